The van der Waals surface area contributed by atoms with Crippen molar-refractivity contribution in [3.05, 3.63) is 23.0 Å². The highest BCUT2D eigenvalue weighted by molar-refractivity contribution is 7.90. The molecular formula is C8H8ClF2N3O4S2. The molecule has 0 radical (unpaired) electrons. The zero-order valence-electron chi connectivity index (χ0n) is 9.47. The van der Waals surface area contributed by atoms with Crippen LogP contribution in [0, 0.1) is 0 Å². The van der Waals surface area contributed by atoms with Crippen molar-refractivity contribution in [2.24, 2.45) is 10.3 Å². The van der Waals surface area contributed by atoms with Crippen molar-refractivity contribution < 1.29 is 25.6 Å². The Morgan fingerprint density at radius 2 is 1.45 bits per heavy atom. The molecular weight excluding hydrogens is 340 g/mol. The molecule has 20 heavy (non-hydrogen) atoms. The molecule has 0 saturated heterocycles. The number of sulfonamides is 2. The topological polar surface area (TPSA) is 146 Å². The summed E-state index contributed by atoms with van der Waals surface area (Å²) < 4.78 is 71.2. The van der Waals surface area contributed by atoms with Crippen molar-refractivity contribution in [3.63, 3.8) is 0 Å². The maximum atomic E-state index is 13.5. The predicted octanol–water partition coefficient (Wildman–Crippen LogP) is 0.368. The fourth-order valence-corrected chi connectivity index (χ4v) is 2.92. The number of hydrogen-bond donors (Lipinski definition) is 3. The van der Waals surface area contributed by atoms with Gasteiger partial charge in [-0.3, -0.25) is 0 Å². The molecule has 0 aliphatic rings. The molecule has 112 valence electrons. The van der Waals surface area contributed by atoms with E-state index in [-0.39, 0.29) is 0 Å². The lowest BCUT2D eigenvalue weighted by Gasteiger charge is -2.10. The first-order chi connectivity index (χ1) is 8.85. The van der Waals surface area contributed by atoms with Gasteiger partial charge in [0.05, 0.1) is 10.6 Å². The van der Waals surface area contributed by atoms with E-state index < -0.39 is 52.2 Å². The van der Waals surface area contributed by atoms with Crippen LogP contribution in [0.3, 0.4) is 0 Å². The lowest BCUT2D eigenvalue weighted by atomic mass is 10.2. The zero-order chi connectivity index (χ0) is 15.9. The first kappa shape index (κ1) is 16.8. The monoisotopic (exact) mass is 347 g/mol. The molecule has 0 bridgehead atoms. The minimum Gasteiger partial charge on any atom is -0.398 e. The van der Waals surface area contributed by atoms with Crippen LogP contribution >= 0.6 is 11.6 Å². The van der Waals surface area contributed by atoms with E-state index in [2.05, 4.69) is 0 Å². The molecule has 0 aliphatic carbocycles. The fourth-order valence-electron chi connectivity index (χ4n) is 1.33. The molecule has 0 heterocycles. The number of hydrogen-bond acceptors (Lipinski definition) is 5. The van der Waals surface area contributed by atoms with Crippen molar-refractivity contribution in [1.29, 1.82) is 0 Å². The Bertz CT molecular complexity index is 801. The Hall–Kier alpha value is -1.27. The highest BCUT2D eigenvalue weighted by atomic mass is 35.5. The molecule has 0 aliphatic heterocycles. The van der Waals surface area contributed by atoms with Crippen LogP contribution in [0.25, 0.3) is 5.83 Å². The summed E-state index contributed by atoms with van der Waals surface area (Å²) in [7, 11) is -8.98. The Morgan fingerprint density at radius 1 is 1.00 bits per heavy atom. The summed E-state index contributed by atoms with van der Waals surface area (Å²) in [5.41, 5.74) is 3.80. The SMILES string of the molecule is Nc1cc(/C(F)=C(/F)Cl)c(S(N)(=O)=O)cc1S(N)(=O)=O. The van der Waals surface area contributed by atoms with Gasteiger partial charge in [-0.15, -0.1) is 0 Å². The fraction of sp³-hybridized carbons (Fsp3) is 0. The van der Waals surface area contributed by atoms with E-state index in [1.54, 1.807) is 0 Å². The molecule has 0 fully saturated rings. The Balaban J connectivity index is 3.91. The molecule has 0 aromatic heterocycles. The second-order valence-electron chi connectivity index (χ2n) is 3.55. The van der Waals surface area contributed by atoms with Gasteiger partial charge in [-0.25, -0.2) is 31.5 Å². The van der Waals surface area contributed by atoms with Crippen LogP contribution < -0.4 is 16.0 Å². The van der Waals surface area contributed by atoms with Gasteiger partial charge in [0.25, 0.3) is 0 Å². The summed E-state index contributed by atoms with van der Waals surface area (Å²) in [6, 6.07) is 0.978. The van der Waals surface area contributed by atoms with Crippen molar-refractivity contribution in [2.75, 3.05) is 5.73 Å². The standard InChI is InChI=1S/C8H8ClF2N3O4S2/c9-8(11)7(10)3-1-4(12)6(20(14,17)18)2-5(3)19(13,15)16/h1-2H,12H2,(H2,13,15,16)(H2,14,17,18)/b8-7-. The highest BCUT2D eigenvalue weighted by Crippen LogP contribution is 2.33. The number of rotatable bonds is 3. The molecule has 0 amide bonds. The number of halogens is 3. The van der Waals surface area contributed by atoms with Gasteiger partial charge in [-0.1, -0.05) is 0 Å². The Labute approximate surface area is 118 Å². The quantitative estimate of drug-likeness (QED) is 0.676. The smallest absolute Gasteiger partial charge is 0.240 e. The summed E-state index contributed by atoms with van der Waals surface area (Å²) in [5, 5.41) is 7.76. The number of anilines is 1. The lowest BCUT2D eigenvalue weighted by Crippen LogP contribution is -2.19. The summed E-state index contributed by atoms with van der Waals surface area (Å²) in [4.78, 5) is -1.82. The molecule has 1 rings (SSSR count). The zero-order valence-corrected chi connectivity index (χ0v) is 11.9. The van der Waals surface area contributed by atoms with Crippen molar-refractivity contribution in [1.82, 2.24) is 0 Å². The highest BCUT2D eigenvalue weighted by Gasteiger charge is 2.25. The van der Waals surface area contributed by atoms with E-state index in [0.29, 0.717) is 12.1 Å². The van der Waals surface area contributed by atoms with Gasteiger partial charge in [0.1, 0.15) is 4.90 Å². The van der Waals surface area contributed by atoms with Gasteiger partial charge in [0.2, 0.25) is 25.3 Å². The van der Waals surface area contributed by atoms with E-state index in [1.807, 2.05) is 0 Å². The maximum Gasteiger partial charge on any atom is 0.240 e. The van der Waals surface area contributed by atoms with Gasteiger partial charge < -0.3 is 5.73 Å². The Morgan fingerprint density at radius 3 is 1.80 bits per heavy atom. The number of primary sulfonamides is 2. The minimum absolute atomic E-state index is 0.425. The summed E-state index contributed by atoms with van der Waals surface area (Å²) in [5.74, 6) is -1.76. The normalized spacial score (nSPS) is 14.1. The average Bonchev–Trinajstić information content (AvgIpc) is 2.23. The van der Waals surface area contributed by atoms with Gasteiger partial charge in [-0.05, 0) is 23.7 Å². The molecule has 1 aromatic rings. The molecule has 12 heteroatoms. The number of nitrogen functional groups attached to an aromatic ring is 1. The second kappa shape index (κ2) is 5.26. The average molecular weight is 348 g/mol. The molecule has 0 saturated carbocycles. The number of benzene rings is 1. The van der Waals surface area contributed by atoms with Crippen LogP contribution in [0.15, 0.2) is 27.2 Å². The van der Waals surface area contributed by atoms with Crippen LogP contribution in [0.1, 0.15) is 5.56 Å². The van der Waals surface area contributed by atoms with Gasteiger partial charge in [-0.2, -0.15) is 4.39 Å². The summed E-state index contributed by atoms with van der Waals surface area (Å²) >= 11 is 4.79. The van der Waals surface area contributed by atoms with E-state index in [1.165, 1.54) is 0 Å². The van der Waals surface area contributed by atoms with Crippen molar-refractivity contribution >= 4 is 43.2 Å². The van der Waals surface area contributed by atoms with Gasteiger partial charge in [0.15, 0.2) is 5.83 Å². The third-order valence-electron chi connectivity index (χ3n) is 2.13. The third kappa shape index (κ3) is 3.43. The van der Waals surface area contributed by atoms with Crippen molar-refractivity contribution in [2.45, 2.75) is 9.79 Å². The maximum absolute atomic E-state index is 13.5. The molecule has 6 N–H and O–H groups in total. The largest absolute Gasteiger partial charge is 0.398 e. The van der Waals surface area contributed by atoms with Crippen LogP contribution in [0.4, 0.5) is 14.5 Å². The Kier molecular flexibility index (Phi) is 4.41. The van der Waals surface area contributed by atoms with E-state index in [4.69, 9.17) is 27.6 Å². The molecule has 0 spiro atoms. The van der Waals surface area contributed by atoms with E-state index in [9.17, 15) is 25.6 Å². The number of nitrogens with two attached hydrogens (primary N) is 3. The molecule has 1 aromatic carbocycles. The van der Waals surface area contributed by atoms with E-state index in [0.717, 1.165) is 0 Å². The molecule has 7 nitrogen and oxygen atoms in total. The van der Waals surface area contributed by atoms with Crippen LogP contribution in [0.2, 0.25) is 0 Å². The predicted molar refractivity (Wildman–Crippen MR) is 68.6 cm³/mol. The molecule has 0 unspecified atom stereocenters. The van der Waals surface area contributed by atoms with Gasteiger partial charge in [0, 0.05) is 5.56 Å². The summed E-state index contributed by atoms with van der Waals surface area (Å²) in [6.07, 6.45) is 0. The van der Waals surface area contributed by atoms with Crippen LogP contribution in [0.5, 0.6) is 0 Å². The first-order valence-corrected chi connectivity index (χ1v) is 8.03. The third-order valence-corrected chi connectivity index (χ3v) is 4.21. The first-order valence-electron chi connectivity index (χ1n) is 4.56. The lowest BCUT2D eigenvalue weighted by molar-refractivity contribution is 0.594. The molecule has 0 atom stereocenters. The second-order valence-corrected chi connectivity index (χ2v) is 6.94. The van der Waals surface area contributed by atoms with E-state index >= 15 is 0 Å². The minimum atomic E-state index is -4.59. The van der Waals surface area contributed by atoms with Crippen LogP contribution in [-0.2, 0) is 20.0 Å². The summed E-state index contributed by atoms with van der Waals surface area (Å²) in [6.45, 7) is 0. The van der Waals surface area contributed by atoms with Crippen LogP contribution in [-0.4, -0.2) is 16.8 Å². The van der Waals surface area contributed by atoms with Crippen molar-refractivity contribution in [3.8, 4) is 0 Å². The van der Waals surface area contributed by atoms with Gasteiger partial charge >= 0.3 is 0 Å².